The van der Waals surface area contributed by atoms with Crippen LogP contribution in [0, 0.1) is 6.92 Å². The first-order valence-electron chi connectivity index (χ1n) is 9.70. The van der Waals surface area contributed by atoms with Crippen LogP contribution in [0.15, 0.2) is 47.5 Å². The minimum absolute atomic E-state index is 0.187. The van der Waals surface area contributed by atoms with Crippen LogP contribution in [0.5, 0.6) is 5.88 Å². The average molecular weight is 428 g/mol. The second-order valence-electron chi connectivity index (χ2n) is 8.51. The number of methoxy groups -OCH3 is 1. The van der Waals surface area contributed by atoms with Crippen molar-refractivity contribution < 1.29 is 22.5 Å². The van der Waals surface area contributed by atoms with Crippen LogP contribution in [0.3, 0.4) is 0 Å². The van der Waals surface area contributed by atoms with Gasteiger partial charge in [0.15, 0.2) is 5.65 Å². The SMILES string of the molecule is COc1cc(B2OC(C)(C)C(C)(C)O2)c2ccn(S(=O)(=O)c3ccc(C)cc3)c2n1. The Hall–Kier alpha value is -2.36. The molecule has 0 N–H and O–H groups in total. The predicted octanol–water partition coefficient (Wildman–Crippen LogP) is 2.89. The highest BCUT2D eigenvalue weighted by Gasteiger charge is 2.52. The van der Waals surface area contributed by atoms with Gasteiger partial charge < -0.3 is 14.0 Å². The number of nitrogens with zero attached hydrogens (tertiary/aromatic N) is 2. The Bertz CT molecular complexity index is 1200. The Kier molecular flexibility index (Phi) is 4.76. The van der Waals surface area contributed by atoms with Crippen molar-refractivity contribution in [1.82, 2.24) is 8.96 Å². The third kappa shape index (κ3) is 3.21. The van der Waals surface area contributed by atoms with Crippen LogP contribution in [-0.2, 0) is 19.3 Å². The molecule has 1 aliphatic rings. The van der Waals surface area contributed by atoms with Crippen molar-refractivity contribution in [2.45, 2.75) is 50.7 Å². The van der Waals surface area contributed by atoms with E-state index in [0.717, 1.165) is 5.56 Å². The van der Waals surface area contributed by atoms with Gasteiger partial charge in [-0.05, 0) is 58.3 Å². The third-order valence-corrected chi connectivity index (χ3v) is 7.61. The van der Waals surface area contributed by atoms with Crippen LogP contribution in [-0.4, -0.2) is 42.8 Å². The van der Waals surface area contributed by atoms with Crippen molar-refractivity contribution in [3.8, 4) is 5.88 Å². The van der Waals surface area contributed by atoms with E-state index in [2.05, 4.69) is 4.98 Å². The van der Waals surface area contributed by atoms with E-state index >= 15 is 0 Å². The molecule has 1 aromatic carbocycles. The maximum absolute atomic E-state index is 13.3. The number of rotatable bonds is 4. The molecule has 9 heteroatoms. The minimum atomic E-state index is -3.83. The van der Waals surface area contributed by atoms with E-state index < -0.39 is 28.3 Å². The second-order valence-corrected chi connectivity index (χ2v) is 10.3. The van der Waals surface area contributed by atoms with Gasteiger partial charge in [0.1, 0.15) is 0 Å². The van der Waals surface area contributed by atoms with E-state index in [-0.39, 0.29) is 16.4 Å². The number of pyridine rings is 1. The number of ether oxygens (including phenoxy) is 1. The van der Waals surface area contributed by atoms with E-state index in [0.29, 0.717) is 10.8 Å². The third-order valence-electron chi connectivity index (χ3n) is 5.93. The van der Waals surface area contributed by atoms with Gasteiger partial charge in [-0.1, -0.05) is 17.7 Å². The second kappa shape index (κ2) is 6.83. The molecule has 2 aromatic heterocycles. The zero-order valence-electron chi connectivity index (χ0n) is 18.0. The van der Waals surface area contributed by atoms with Crippen LogP contribution < -0.4 is 10.2 Å². The molecule has 0 radical (unpaired) electrons. The first kappa shape index (κ1) is 20.9. The molecule has 158 valence electrons. The summed E-state index contributed by atoms with van der Waals surface area (Å²) in [6, 6.07) is 10.2. The Balaban J connectivity index is 1.88. The molecule has 3 aromatic rings. The fraction of sp³-hybridized carbons (Fsp3) is 0.381. The highest BCUT2D eigenvalue weighted by atomic mass is 32.2. The van der Waals surface area contributed by atoms with E-state index in [1.54, 1.807) is 36.4 Å². The van der Waals surface area contributed by atoms with Gasteiger partial charge in [0.2, 0.25) is 5.88 Å². The van der Waals surface area contributed by atoms with Crippen molar-refractivity contribution >= 4 is 33.6 Å². The lowest BCUT2D eigenvalue weighted by molar-refractivity contribution is 0.00578. The van der Waals surface area contributed by atoms with E-state index in [1.165, 1.54) is 17.3 Å². The molecule has 1 aliphatic heterocycles. The van der Waals surface area contributed by atoms with Crippen molar-refractivity contribution in [2.75, 3.05) is 7.11 Å². The van der Waals surface area contributed by atoms with E-state index in [1.807, 2.05) is 34.6 Å². The summed E-state index contributed by atoms with van der Waals surface area (Å²) in [4.78, 5) is 4.61. The lowest BCUT2D eigenvalue weighted by Crippen LogP contribution is -2.41. The van der Waals surface area contributed by atoms with E-state index in [9.17, 15) is 8.42 Å². The summed E-state index contributed by atoms with van der Waals surface area (Å²) >= 11 is 0. The fourth-order valence-electron chi connectivity index (χ4n) is 3.38. The maximum atomic E-state index is 13.3. The zero-order chi connectivity index (χ0) is 21.9. The minimum Gasteiger partial charge on any atom is -0.481 e. The van der Waals surface area contributed by atoms with Gasteiger partial charge in [-0.2, -0.15) is 4.98 Å². The normalized spacial score (nSPS) is 18.1. The zero-order valence-corrected chi connectivity index (χ0v) is 18.8. The van der Waals surface area contributed by atoms with Crippen LogP contribution in [0.4, 0.5) is 0 Å². The van der Waals surface area contributed by atoms with Crippen molar-refractivity contribution in [3.05, 3.63) is 48.2 Å². The summed E-state index contributed by atoms with van der Waals surface area (Å²) in [7, 11) is -3.02. The molecular formula is C21H25BN2O5S. The number of hydrogen-bond acceptors (Lipinski definition) is 6. The molecule has 0 atom stereocenters. The summed E-state index contributed by atoms with van der Waals surface area (Å²) in [5.74, 6) is 0.284. The molecule has 3 heterocycles. The molecule has 7 nitrogen and oxygen atoms in total. The van der Waals surface area contributed by atoms with Gasteiger partial charge in [0.05, 0.1) is 23.2 Å². The largest absolute Gasteiger partial charge is 0.495 e. The van der Waals surface area contributed by atoms with Crippen LogP contribution in [0.2, 0.25) is 0 Å². The summed E-state index contributed by atoms with van der Waals surface area (Å²) in [6.45, 7) is 9.78. The smallest absolute Gasteiger partial charge is 0.481 e. The van der Waals surface area contributed by atoms with Gasteiger partial charge in [0, 0.05) is 17.6 Å². The summed E-state index contributed by atoms with van der Waals surface area (Å²) < 4.78 is 45.5. The number of aromatic nitrogens is 2. The summed E-state index contributed by atoms with van der Waals surface area (Å²) in [5.41, 5.74) is 0.857. The summed E-state index contributed by atoms with van der Waals surface area (Å²) in [5, 5.41) is 0.630. The first-order chi connectivity index (χ1) is 14.0. The topological polar surface area (TPSA) is 79.7 Å². The molecular weight excluding hydrogens is 403 g/mol. The van der Waals surface area contributed by atoms with Crippen molar-refractivity contribution in [3.63, 3.8) is 0 Å². The highest BCUT2D eigenvalue weighted by Crippen LogP contribution is 2.37. The van der Waals surface area contributed by atoms with Crippen molar-refractivity contribution in [2.24, 2.45) is 0 Å². The lowest BCUT2D eigenvalue weighted by atomic mass is 9.77. The van der Waals surface area contributed by atoms with Crippen LogP contribution >= 0.6 is 0 Å². The van der Waals surface area contributed by atoms with Gasteiger partial charge >= 0.3 is 7.12 Å². The first-order valence-corrected chi connectivity index (χ1v) is 11.1. The standard InChI is InChI=1S/C21H25BN2O5S/c1-14-7-9-15(10-8-14)30(25,26)24-12-11-16-17(13-18(27-6)23-19(16)24)22-28-20(2,3)21(4,5)29-22/h7-13H,1-6H3. The highest BCUT2D eigenvalue weighted by molar-refractivity contribution is 7.90. The van der Waals surface area contributed by atoms with Crippen LogP contribution in [0.1, 0.15) is 33.3 Å². The van der Waals surface area contributed by atoms with Gasteiger partial charge in [-0.3, -0.25) is 0 Å². The molecule has 0 amide bonds. The average Bonchev–Trinajstić information content (AvgIpc) is 3.19. The molecule has 30 heavy (non-hydrogen) atoms. The molecule has 1 saturated heterocycles. The Morgan fingerprint density at radius 3 is 2.20 bits per heavy atom. The maximum Gasteiger partial charge on any atom is 0.495 e. The molecule has 0 unspecified atom stereocenters. The molecule has 0 bridgehead atoms. The van der Waals surface area contributed by atoms with Gasteiger partial charge in [-0.25, -0.2) is 12.4 Å². The Morgan fingerprint density at radius 1 is 1.03 bits per heavy atom. The number of benzene rings is 1. The summed E-state index contributed by atoms with van der Waals surface area (Å²) in [6.07, 6.45) is 1.50. The monoisotopic (exact) mass is 428 g/mol. The predicted molar refractivity (Wildman–Crippen MR) is 116 cm³/mol. The number of fused-ring (bicyclic) bond motifs is 1. The number of hydrogen-bond donors (Lipinski definition) is 0. The molecule has 4 rings (SSSR count). The molecule has 1 fully saturated rings. The molecule has 0 saturated carbocycles. The quantitative estimate of drug-likeness (QED) is 0.595. The van der Waals surface area contributed by atoms with Crippen molar-refractivity contribution in [1.29, 1.82) is 0 Å². The lowest BCUT2D eigenvalue weighted by Gasteiger charge is -2.32. The van der Waals surface area contributed by atoms with Gasteiger partial charge in [-0.15, -0.1) is 0 Å². The molecule has 0 aliphatic carbocycles. The van der Waals surface area contributed by atoms with E-state index in [4.69, 9.17) is 14.0 Å². The van der Waals surface area contributed by atoms with Crippen LogP contribution in [0.25, 0.3) is 11.0 Å². The molecule has 0 spiro atoms. The fourth-order valence-corrected chi connectivity index (χ4v) is 4.67. The number of aryl methyl sites for hydroxylation is 1. The Morgan fingerprint density at radius 2 is 1.63 bits per heavy atom. The Labute approximate surface area is 177 Å². The van der Waals surface area contributed by atoms with Gasteiger partial charge in [0.25, 0.3) is 10.0 Å².